The SMILES string of the molecule is O=C(CCBr)Nc1cccc(CCCO)c1. The third kappa shape index (κ3) is 4.77. The van der Waals surface area contributed by atoms with Crippen molar-refractivity contribution in [3.05, 3.63) is 29.8 Å². The van der Waals surface area contributed by atoms with Crippen molar-refractivity contribution in [2.24, 2.45) is 0 Å². The van der Waals surface area contributed by atoms with Gasteiger partial charge >= 0.3 is 0 Å². The van der Waals surface area contributed by atoms with Gasteiger partial charge in [-0.15, -0.1) is 0 Å². The van der Waals surface area contributed by atoms with Crippen LogP contribution in [0.3, 0.4) is 0 Å². The van der Waals surface area contributed by atoms with Crippen molar-refractivity contribution in [2.45, 2.75) is 19.3 Å². The van der Waals surface area contributed by atoms with Crippen molar-refractivity contribution in [1.29, 1.82) is 0 Å². The van der Waals surface area contributed by atoms with Gasteiger partial charge in [0.1, 0.15) is 0 Å². The first-order chi connectivity index (χ1) is 7.76. The van der Waals surface area contributed by atoms with Crippen molar-refractivity contribution in [3.8, 4) is 0 Å². The molecule has 0 aliphatic heterocycles. The standard InChI is InChI=1S/C12H16BrNO2/c13-7-6-12(16)14-11-5-1-3-10(9-11)4-2-8-15/h1,3,5,9,15H,2,4,6-8H2,(H,14,16). The second kappa shape index (κ2) is 7.41. The molecule has 0 heterocycles. The maximum atomic E-state index is 11.4. The molecule has 0 atom stereocenters. The van der Waals surface area contributed by atoms with E-state index in [1.54, 1.807) is 0 Å². The summed E-state index contributed by atoms with van der Waals surface area (Å²) in [5.74, 6) is 0.0104. The van der Waals surface area contributed by atoms with E-state index in [1.165, 1.54) is 0 Å². The van der Waals surface area contributed by atoms with Gasteiger partial charge in [0, 0.05) is 24.0 Å². The van der Waals surface area contributed by atoms with E-state index >= 15 is 0 Å². The number of carbonyl (C=O) groups is 1. The molecule has 1 aromatic rings. The van der Waals surface area contributed by atoms with Crippen LogP contribution in [0.1, 0.15) is 18.4 Å². The van der Waals surface area contributed by atoms with E-state index in [-0.39, 0.29) is 12.5 Å². The van der Waals surface area contributed by atoms with Crippen LogP contribution in [0.2, 0.25) is 0 Å². The summed E-state index contributed by atoms with van der Waals surface area (Å²) in [4.78, 5) is 11.4. The zero-order chi connectivity index (χ0) is 11.8. The number of amides is 1. The molecule has 0 radical (unpaired) electrons. The van der Waals surface area contributed by atoms with Crippen molar-refractivity contribution in [3.63, 3.8) is 0 Å². The van der Waals surface area contributed by atoms with E-state index in [0.717, 1.165) is 24.1 Å². The summed E-state index contributed by atoms with van der Waals surface area (Å²) in [6.07, 6.45) is 2.05. The number of nitrogens with one attached hydrogen (secondary N) is 1. The molecule has 2 N–H and O–H groups in total. The summed E-state index contributed by atoms with van der Waals surface area (Å²) in [5.41, 5.74) is 1.95. The minimum Gasteiger partial charge on any atom is -0.396 e. The van der Waals surface area contributed by atoms with E-state index in [0.29, 0.717) is 11.8 Å². The second-order valence-corrected chi connectivity index (χ2v) is 4.31. The van der Waals surface area contributed by atoms with Gasteiger partial charge in [-0.2, -0.15) is 0 Å². The fourth-order valence-electron chi connectivity index (χ4n) is 1.40. The Kier molecular flexibility index (Phi) is 6.11. The number of hydrogen-bond acceptors (Lipinski definition) is 2. The number of halogens is 1. The fraction of sp³-hybridized carbons (Fsp3) is 0.417. The average Bonchev–Trinajstić information content (AvgIpc) is 2.27. The monoisotopic (exact) mass is 285 g/mol. The van der Waals surface area contributed by atoms with Crippen LogP contribution in [0.25, 0.3) is 0 Å². The van der Waals surface area contributed by atoms with Gasteiger partial charge < -0.3 is 10.4 Å². The summed E-state index contributed by atoms with van der Waals surface area (Å²) in [7, 11) is 0. The van der Waals surface area contributed by atoms with Crippen LogP contribution in [0.5, 0.6) is 0 Å². The largest absolute Gasteiger partial charge is 0.396 e. The summed E-state index contributed by atoms with van der Waals surface area (Å²) in [6, 6.07) is 7.72. The molecule has 0 aromatic heterocycles. The van der Waals surface area contributed by atoms with Gasteiger partial charge in [-0.3, -0.25) is 4.79 Å². The lowest BCUT2D eigenvalue weighted by Gasteiger charge is -2.06. The molecule has 4 heteroatoms. The number of aliphatic hydroxyl groups is 1. The molecule has 0 saturated carbocycles. The zero-order valence-corrected chi connectivity index (χ0v) is 10.7. The van der Waals surface area contributed by atoms with E-state index in [9.17, 15) is 4.79 Å². The Morgan fingerprint density at radius 2 is 2.25 bits per heavy atom. The molecule has 0 bridgehead atoms. The highest BCUT2D eigenvalue weighted by Gasteiger charge is 2.01. The normalized spacial score (nSPS) is 10.1. The maximum absolute atomic E-state index is 11.4. The van der Waals surface area contributed by atoms with Crippen molar-refractivity contribution in [1.82, 2.24) is 0 Å². The second-order valence-electron chi connectivity index (χ2n) is 3.51. The molecule has 0 saturated heterocycles. The highest BCUT2D eigenvalue weighted by atomic mass is 79.9. The predicted molar refractivity (Wildman–Crippen MR) is 68.9 cm³/mol. The Morgan fingerprint density at radius 3 is 2.94 bits per heavy atom. The van der Waals surface area contributed by atoms with Gasteiger partial charge in [-0.25, -0.2) is 0 Å². The smallest absolute Gasteiger partial charge is 0.225 e. The van der Waals surface area contributed by atoms with Crippen molar-refractivity contribution >= 4 is 27.5 Å². The molecule has 3 nitrogen and oxygen atoms in total. The minimum absolute atomic E-state index is 0.0104. The van der Waals surface area contributed by atoms with Crippen LogP contribution in [-0.2, 0) is 11.2 Å². The molecule has 0 fully saturated rings. The molecular weight excluding hydrogens is 270 g/mol. The van der Waals surface area contributed by atoms with Crippen LogP contribution >= 0.6 is 15.9 Å². The lowest BCUT2D eigenvalue weighted by molar-refractivity contribution is -0.115. The van der Waals surface area contributed by atoms with Gasteiger partial charge in [0.05, 0.1) is 0 Å². The molecule has 1 rings (SSSR count). The van der Waals surface area contributed by atoms with Gasteiger partial charge in [0.15, 0.2) is 0 Å². The Morgan fingerprint density at radius 1 is 1.44 bits per heavy atom. The Bertz CT molecular complexity index is 342. The summed E-state index contributed by atoms with van der Waals surface area (Å²) in [6.45, 7) is 0.195. The topological polar surface area (TPSA) is 49.3 Å². The molecule has 0 spiro atoms. The zero-order valence-electron chi connectivity index (χ0n) is 9.08. The molecular formula is C12H16BrNO2. The number of hydrogen-bond donors (Lipinski definition) is 2. The Balaban J connectivity index is 2.56. The maximum Gasteiger partial charge on any atom is 0.225 e. The number of aryl methyl sites for hydroxylation is 1. The molecule has 16 heavy (non-hydrogen) atoms. The van der Waals surface area contributed by atoms with E-state index in [4.69, 9.17) is 5.11 Å². The number of benzene rings is 1. The van der Waals surface area contributed by atoms with E-state index in [1.807, 2.05) is 24.3 Å². The first-order valence-corrected chi connectivity index (χ1v) is 6.44. The van der Waals surface area contributed by atoms with Crippen LogP contribution in [0, 0.1) is 0 Å². The third-order valence-electron chi connectivity index (χ3n) is 2.16. The first kappa shape index (κ1) is 13.2. The summed E-state index contributed by atoms with van der Waals surface area (Å²) < 4.78 is 0. The summed E-state index contributed by atoms with van der Waals surface area (Å²) in [5, 5.41) is 12.2. The summed E-state index contributed by atoms with van der Waals surface area (Å²) >= 11 is 3.22. The molecule has 0 aliphatic rings. The average molecular weight is 286 g/mol. The van der Waals surface area contributed by atoms with Crippen molar-refractivity contribution < 1.29 is 9.90 Å². The van der Waals surface area contributed by atoms with E-state index in [2.05, 4.69) is 21.2 Å². The van der Waals surface area contributed by atoms with Crippen LogP contribution in [0.4, 0.5) is 5.69 Å². The van der Waals surface area contributed by atoms with Crippen molar-refractivity contribution in [2.75, 3.05) is 17.3 Å². The van der Waals surface area contributed by atoms with Crippen LogP contribution in [-0.4, -0.2) is 23.0 Å². The number of alkyl halides is 1. The van der Waals surface area contributed by atoms with Gasteiger partial charge in [-0.1, -0.05) is 28.1 Å². The van der Waals surface area contributed by atoms with E-state index < -0.39 is 0 Å². The number of rotatable bonds is 6. The lowest BCUT2D eigenvalue weighted by Crippen LogP contribution is -2.11. The molecule has 88 valence electrons. The fourth-order valence-corrected chi connectivity index (χ4v) is 1.76. The Hall–Kier alpha value is -0.870. The number of carbonyl (C=O) groups excluding carboxylic acids is 1. The first-order valence-electron chi connectivity index (χ1n) is 5.32. The third-order valence-corrected chi connectivity index (χ3v) is 2.55. The van der Waals surface area contributed by atoms with Gasteiger partial charge in [0.2, 0.25) is 5.91 Å². The van der Waals surface area contributed by atoms with Crippen LogP contribution in [0.15, 0.2) is 24.3 Å². The van der Waals surface area contributed by atoms with Gasteiger partial charge in [0.25, 0.3) is 0 Å². The molecule has 0 aliphatic carbocycles. The minimum atomic E-state index is 0.0104. The molecule has 1 aromatic carbocycles. The Labute approximate surface area is 104 Å². The number of anilines is 1. The van der Waals surface area contributed by atoms with Gasteiger partial charge in [-0.05, 0) is 30.5 Å². The number of aliphatic hydroxyl groups excluding tert-OH is 1. The quantitative estimate of drug-likeness (QED) is 0.789. The molecule has 1 amide bonds. The highest BCUT2D eigenvalue weighted by Crippen LogP contribution is 2.12. The molecule has 0 unspecified atom stereocenters. The lowest BCUT2D eigenvalue weighted by atomic mass is 10.1. The van der Waals surface area contributed by atoms with Crippen LogP contribution < -0.4 is 5.32 Å². The highest BCUT2D eigenvalue weighted by molar-refractivity contribution is 9.09. The predicted octanol–water partition coefficient (Wildman–Crippen LogP) is 2.33.